The van der Waals surface area contributed by atoms with Gasteiger partial charge in [-0.1, -0.05) is 46.2 Å². The Morgan fingerprint density at radius 2 is 2.19 bits per heavy atom. The van der Waals surface area contributed by atoms with Gasteiger partial charge in [-0.15, -0.1) is 0 Å². The van der Waals surface area contributed by atoms with Gasteiger partial charge in [0.2, 0.25) is 0 Å². The molecule has 5 nitrogen and oxygen atoms in total. The Kier molecular flexibility index (Phi) is 7.52. The molecule has 2 heterocycles. The van der Waals surface area contributed by atoms with Crippen LogP contribution in [-0.4, -0.2) is 29.5 Å². The summed E-state index contributed by atoms with van der Waals surface area (Å²) in [5.74, 6) is 1.28. The highest BCUT2D eigenvalue weighted by Gasteiger charge is 2.17. The number of para-hydroxylation sites is 1. The number of furan rings is 1. The smallest absolute Gasteiger partial charge is 0.306 e. The van der Waals surface area contributed by atoms with Gasteiger partial charge in [0.1, 0.15) is 11.3 Å². The lowest BCUT2D eigenvalue weighted by molar-refractivity contribution is -0.148. The molecular weight excluding hydrogens is 382 g/mol. The zero-order chi connectivity index (χ0) is 19.1. The van der Waals surface area contributed by atoms with Crippen molar-refractivity contribution in [1.29, 1.82) is 0 Å². The molecule has 1 aromatic heterocycles. The molecule has 3 rings (SSSR count). The predicted octanol–water partition coefficient (Wildman–Crippen LogP) is 4.87. The first-order valence-electron chi connectivity index (χ1n) is 9.33. The van der Waals surface area contributed by atoms with Crippen molar-refractivity contribution in [3.05, 3.63) is 36.1 Å². The summed E-state index contributed by atoms with van der Waals surface area (Å²) in [7, 11) is 3.90. The van der Waals surface area contributed by atoms with Crippen molar-refractivity contribution in [2.45, 2.75) is 50.3 Å². The molecule has 1 N–H and O–H groups in total. The summed E-state index contributed by atoms with van der Waals surface area (Å²) in [5, 5.41) is 4.53. The van der Waals surface area contributed by atoms with E-state index in [-0.39, 0.29) is 24.5 Å². The molecule has 0 bridgehead atoms. The van der Waals surface area contributed by atoms with Crippen LogP contribution in [0.5, 0.6) is 0 Å². The van der Waals surface area contributed by atoms with Crippen LogP contribution < -0.4 is 5.32 Å². The molecule has 0 aliphatic carbocycles. The van der Waals surface area contributed by atoms with E-state index < -0.39 is 0 Å². The summed E-state index contributed by atoms with van der Waals surface area (Å²) in [5.41, 5.74) is 0.787. The van der Waals surface area contributed by atoms with E-state index >= 15 is 0 Å². The molecule has 1 saturated heterocycles. The summed E-state index contributed by atoms with van der Waals surface area (Å²) in [4.78, 5) is 23.8. The van der Waals surface area contributed by atoms with Crippen LogP contribution >= 0.6 is 21.6 Å². The Balaban J connectivity index is 1.32. The Bertz CT molecular complexity index is 737. The maximum absolute atomic E-state index is 12.0. The fraction of sp³-hybridized carbons (Fsp3) is 0.500. The second-order valence-corrected chi connectivity index (χ2v) is 9.50. The van der Waals surface area contributed by atoms with E-state index in [1.165, 1.54) is 12.2 Å². The van der Waals surface area contributed by atoms with Crippen LogP contribution in [0, 0.1) is 0 Å². The molecule has 0 saturated carbocycles. The third-order valence-corrected chi connectivity index (χ3v) is 7.50. The van der Waals surface area contributed by atoms with E-state index in [4.69, 9.17) is 9.15 Å². The lowest BCUT2D eigenvalue weighted by Crippen LogP contribution is -2.30. The Morgan fingerprint density at radius 1 is 1.33 bits per heavy atom. The number of benzene rings is 1. The topological polar surface area (TPSA) is 68.5 Å². The lowest BCUT2D eigenvalue weighted by Gasteiger charge is -2.11. The molecule has 1 amide bonds. The standard InChI is InChI=1S/C20H25NO4S2/c1-14(18-12-15-6-2-4-8-17(15)25-18)21-19(22)13-24-20(23)9-5-3-7-16-10-11-26-27-16/h2,4,6,8,12,14,16H,3,5,7,9-11,13H2,1H3,(H,21,22)/t14-,16-/m1/s1. The second kappa shape index (κ2) is 10.1. The molecule has 0 radical (unpaired) electrons. The van der Waals surface area contributed by atoms with Crippen LogP contribution in [0.15, 0.2) is 34.7 Å². The number of fused-ring (bicyclic) bond motifs is 1. The zero-order valence-corrected chi connectivity index (χ0v) is 17.1. The highest BCUT2D eigenvalue weighted by molar-refractivity contribution is 8.77. The quantitative estimate of drug-likeness (QED) is 0.363. The van der Waals surface area contributed by atoms with Crippen LogP contribution in [0.1, 0.15) is 50.8 Å². The predicted molar refractivity (Wildman–Crippen MR) is 111 cm³/mol. The molecule has 0 unspecified atom stereocenters. The number of unbranched alkanes of at least 4 members (excludes halogenated alkanes) is 1. The molecule has 1 aromatic carbocycles. The van der Waals surface area contributed by atoms with Gasteiger partial charge in [0.05, 0.1) is 6.04 Å². The average molecular weight is 408 g/mol. The van der Waals surface area contributed by atoms with Crippen molar-refractivity contribution in [3.8, 4) is 0 Å². The molecular formula is C20H25NO4S2. The van der Waals surface area contributed by atoms with Crippen LogP contribution in [0.3, 0.4) is 0 Å². The minimum atomic E-state index is -0.323. The van der Waals surface area contributed by atoms with Crippen molar-refractivity contribution >= 4 is 44.4 Å². The van der Waals surface area contributed by atoms with Gasteiger partial charge >= 0.3 is 5.97 Å². The highest BCUT2D eigenvalue weighted by Crippen LogP contribution is 2.39. The number of ether oxygens (including phenoxy) is 1. The number of esters is 1. The van der Waals surface area contributed by atoms with E-state index in [0.717, 1.165) is 35.5 Å². The van der Waals surface area contributed by atoms with Crippen LogP contribution in [-0.2, 0) is 14.3 Å². The van der Waals surface area contributed by atoms with Gasteiger partial charge in [0.25, 0.3) is 5.91 Å². The molecule has 2 atom stereocenters. The summed E-state index contributed by atoms with van der Waals surface area (Å²) in [6, 6.07) is 9.32. The summed E-state index contributed by atoms with van der Waals surface area (Å²) >= 11 is 0. The van der Waals surface area contributed by atoms with E-state index in [2.05, 4.69) is 5.32 Å². The number of nitrogens with one attached hydrogen (secondary N) is 1. The molecule has 7 heteroatoms. The minimum Gasteiger partial charge on any atom is -0.459 e. The van der Waals surface area contributed by atoms with Crippen molar-refractivity contribution in [2.75, 3.05) is 12.4 Å². The Hall–Kier alpha value is -1.60. The summed E-state index contributed by atoms with van der Waals surface area (Å²) < 4.78 is 10.8. The highest BCUT2D eigenvalue weighted by atomic mass is 33.1. The van der Waals surface area contributed by atoms with Crippen LogP contribution in [0.4, 0.5) is 0 Å². The maximum atomic E-state index is 12.0. The van der Waals surface area contributed by atoms with Crippen molar-refractivity contribution in [1.82, 2.24) is 5.32 Å². The van der Waals surface area contributed by atoms with E-state index in [1.807, 2.05) is 58.8 Å². The minimum absolute atomic E-state index is 0.251. The zero-order valence-electron chi connectivity index (χ0n) is 15.4. The van der Waals surface area contributed by atoms with Crippen LogP contribution in [0.2, 0.25) is 0 Å². The van der Waals surface area contributed by atoms with Gasteiger partial charge in [-0.3, -0.25) is 9.59 Å². The third-order valence-electron chi connectivity index (χ3n) is 4.50. The second-order valence-electron chi connectivity index (χ2n) is 6.71. The van der Waals surface area contributed by atoms with Gasteiger partial charge < -0.3 is 14.5 Å². The average Bonchev–Trinajstić information content (AvgIpc) is 3.32. The molecule has 2 aromatic rings. The van der Waals surface area contributed by atoms with Crippen LogP contribution in [0.25, 0.3) is 11.0 Å². The first-order chi connectivity index (χ1) is 13.1. The fourth-order valence-electron chi connectivity index (χ4n) is 2.99. The number of carbonyl (C=O) groups is 2. The first-order valence-corrected chi connectivity index (χ1v) is 11.7. The summed E-state index contributed by atoms with van der Waals surface area (Å²) in [6.45, 7) is 1.59. The van der Waals surface area contributed by atoms with E-state index in [0.29, 0.717) is 12.2 Å². The number of rotatable bonds is 9. The Morgan fingerprint density at radius 3 is 2.96 bits per heavy atom. The van der Waals surface area contributed by atoms with Crippen molar-refractivity contribution in [2.24, 2.45) is 0 Å². The van der Waals surface area contributed by atoms with Crippen molar-refractivity contribution < 1.29 is 18.7 Å². The molecule has 27 heavy (non-hydrogen) atoms. The lowest BCUT2D eigenvalue weighted by atomic mass is 10.1. The van der Waals surface area contributed by atoms with Gasteiger partial charge in [0, 0.05) is 22.8 Å². The normalized spacial score (nSPS) is 17.7. The van der Waals surface area contributed by atoms with E-state index in [9.17, 15) is 9.59 Å². The van der Waals surface area contributed by atoms with E-state index in [1.54, 1.807) is 0 Å². The molecule has 1 aliphatic rings. The number of hydrogen-bond acceptors (Lipinski definition) is 6. The largest absolute Gasteiger partial charge is 0.459 e. The Labute approximate surface area is 167 Å². The molecule has 1 aliphatic heterocycles. The number of amides is 1. The third kappa shape index (κ3) is 6.21. The van der Waals surface area contributed by atoms with Gasteiger partial charge in [-0.25, -0.2) is 0 Å². The number of carbonyl (C=O) groups excluding carboxylic acids is 2. The summed E-state index contributed by atoms with van der Waals surface area (Å²) in [6.07, 6.45) is 4.64. The van der Waals surface area contributed by atoms with Gasteiger partial charge in [0.15, 0.2) is 6.61 Å². The van der Waals surface area contributed by atoms with Crippen molar-refractivity contribution in [3.63, 3.8) is 0 Å². The fourth-order valence-corrected chi connectivity index (χ4v) is 6.02. The maximum Gasteiger partial charge on any atom is 0.306 e. The number of hydrogen-bond donors (Lipinski definition) is 1. The molecule has 1 fully saturated rings. The monoisotopic (exact) mass is 407 g/mol. The van der Waals surface area contributed by atoms with Gasteiger partial charge in [-0.05, 0) is 38.3 Å². The van der Waals surface area contributed by atoms with Gasteiger partial charge in [-0.2, -0.15) is 0 Å². The molecule has 146 valence electrons. The SMILES string of the molecule is C[C@@H](NC(=O)COC(=O)CCCC[C@@H]1CCSS1)c1cc2ccccc2o1. The first kappa shape index (κ1) is 20.1. The molecule has 0 spiro atoms.